The number of nitrogens with zero attached hydrogens (tertiary/aromatic N) is 1. The van der Waals surface area contributed by atoms with E-state index in [1.54, 1.807) is 12.1 Å². The maximum absolute atomic E-state index is 13.8. The summed E-state index contributed by atoms with van der Waals surface area (Å²) in [6.07, 6.45) is 1.11. The fourth-order valence-corrected chi connectivity index (χ4v) is 4.29. The Kier molecular flexibility index (Phi) is 7.73. The Morgan fingerprint density at radius 3 is 2.00 bits per heavy atom. The summed E-state index contributed by atoms with van der Waals surface area (Å²) in [5.41, 5.74) is 0.721. The van der Waals surface area contributed by atoms with Gasteiger partial charge in [0.1, 0.15) is 17.2 Å². The first kappa shape index (κ1) is 26.1. The number of hydrogen-bond donors (Lipinski definition) is 1. The van der Waals surface area contributed by atoms with Gasteiger partial charge in [-0.25, -0.2) is 18.5 Å². The first-order valence-corrected chi connectivity index (χ1v) is 11.7. The van der Waals surface area contributed by atoms with E-state index < -0.39 is 41.2 Å². The molecule has 2 aromatic rings. The number of aryl methyl sites for hydroxylation is 1. The van der Waals surface area contributed by atoms with Crippen molar-refractivity contribution in [1.82, 2.24) is 5.32 Å². The van der Waals surface area contributed by atoms with Crippen LogP contribution in [0.3, 0.4) is 0 Å². The van der Waals surface area contributed by atoms with E-state index in [9.17, 15) is 23.2 Å². The van der Waals surface area contributed by atoms with E-state index >= 15 is 0 Å². The molecule has 1 aliphatic heterocycles. The van der Waals surface area contributed by atoms with Crippen molar-refractivity contribution in [3.63, 3.8) is 0 Å². The molecule has 0 saturated carbocycles. The molecule has 3 rings (SSSR count). The van der Waals surface area contributed by atoms with Gasteiger partial charge < -0.3 is 10.1 Å². The highest BCUT2D eigenvalue weighted by Gasteiger charge is 2.42. The molecule has 186 valence electrons. The van der Waals surface area contributed by atoms with Gasteiger partial charge in [-0.2, -0.15) is 0 Å². The first-order valence-electron chi connectivity index (χ1n) is 11.7. The molecule has 8 heteroatoms. The second-order valence-electron chi connectivity index (χ2n) is 8.73. The molecule has 0 spiro atoms. The number of hydrogen-bond acceptors (Lipinski definition) is 4. The molecular formula is C27H30F2N2O4. The third-order valence-corrected chi connectivity index (χ3v) is 6.67. The fourth-order valence-electron chi connectivity index (χ4n) is 4.29. The quantitative estimate of drug-likeness (QED) is 0.474. The molecule has 0 unspecified atom stereocenters. The van der Waals surface area contributed by atoms with Gasteiger partial charge in [0.2, 0.25) is 0 Å². The van der Waals surface area contributed by atoms with Crippen molar-refractivity contribution in [3.05, 3.63) is 76.4 Å². The predicted octanol–water partition coefficient (Wildman–Crippen LogP) is 5.90. The van der Waals surface area contributed by atoms with Gasteiger partial charge in [-0.05, 0) is 50.8 Å². The number of ether oxygens (including phenoxy) is 1. The van der Waals surface area contributed by atoms with Gasteiger partial charge in [-0.1, -0.05) is 50.6 Å². The number of nitrogens with one attached hydrogen (secondary N) is 1. The number of carbonyl (C=O) groups excluding carboxylic acids is 3. The molecule has 2 aromatic carbocycles. The third-order valence-electron chi connectivity index (χ3n) is 6.67. The summed E-state index contributed by atoms with van der Waals surface area (Å²) in [7, 11) is 0. The Balaban J connectivity index is 2.03. The van der Waals surface area contributed by atoms with E-state index in [0.29, 0.717) is 30.9 Å². The summed E-state index contributed by atoms with van der Waals surface area (Å²) in [5.74, 6) is -3.32. The van der Waals surface area contributed by atoms with Crippen molar-refractivity contribution in [2.75, 3.05) is 4.90 Å². The van der Waals surface area contributed by atoms with Crippen LogP contribution in [0.15, 0.2) is 53.6 Å². The standard InChI is InChI=1S/C27H30F2N2O4/c1-6-27(7-2,8-3)35-26(34)30-23(18-11-9-16(4)10-12-18)22-17(5)24(32)31(25(22)33)21-14-19(28)13-20(29)15-21/h9-15,23H,6-8H2,1-5H3,(H,30,34)/t23-/m1/s1. The van der Waals surface area contributed by atoms with E-state index in [1.807, 2.05) is 39.8 Å². The normalized spacial score (nSPS) is 15.0. The maximum Gasteiger partial charge on any atom is 0.408 e. The number of alkyl carbamates (subject to hydrolysis) is 1. The largest absolute Gasteiger partial charge is 0.443 e. The lowest BCUT2D eigenvalue weighted by atomic mass is 9.94. The van der Waals surface area contributed by atoms with Gasteiger partial charge in [-0.15, -0.1) is 0 Å². The predicted molar refractivity (Wildman–Crippen MR) is 129 cm³/mol. The maximum atomic E-state index is 13.8. The fraction of sp³-hybridized carbons (Fsp3) is 0.370. The van der Waals surface area contributed by atoms with Crippen molar-refractivity contribution >= 4 is 23.6 Å². The minimum atomic E-state index is -1.01. The molecule has 6 nitrogen and oxygen atoms in total. The summed E-state index contributed by atoms with van der Waals surface area (Å²) >= 11 is 0. The lowest BCUT2D eigenvalue weighted by molar-refractivity contribution is -0.120. The SMILES string of the molecule is CCC(CC)(CC)OC(=O)N[C@@H](C1=C(C)C(=O)N(c2cc(F)cc(F)c2)C1=O)c1ccc(C)cc1. The summed E-state index contributed by atoms with van der Waals surface area (Å²) in [4.78, 5) is 40.3. The van der Waals surface area contributed by atoms with Crippen molar-refractivity contribution in [2.45, 2.75) is 65.5 Å². The second kappa shape index (κ2) is 10.4. The number of imide groups is 1. The van der Waals surface area contributed by atoms with Crippen molar-refractivity contribution in [2.24, 2.45) is 0 Å². The molecule has 0 fully saturated rings. The molecule has 1 heterocycles. The number of rotatable bonds is 8. The van der Waals surface area contributed by atoms with Crippen molar-refractivity contribution in [1.29, 1.82) is 0 Å². The Labute approximate surface area is 204 Å². The molecule has 35 heavy (non-hydrogen) atoms. The van der Waals surface area contributed by atoms with E-state index in [-0.39, 0.29) is 16.8 Å². The summed E-state index contributed by atoms with van der Waals surface area (Å²) < 4.78 is 33.5. The molecule has 0 saturated heterocycles. The van der Waals surface area contributed by atoms with Crippen LogP contribution in [-0.2, 0) is 14.3 Å². The van der Waals surface area contributed by atoms with Crippen LogP contribution in [0.4, 0.5) is 19.3 Å². The Morgan fingerprint density at radius 2 is 1.49 bits per heavy atom. The zero-order chi connectivity index (χ0) is 25.9. The third kappa shape index (κ3) is 5.26. The van der Waals surface area contributed by atoms with Gasteiger partial charge in [0.15, 0.2) is 0 Å². The lowest BCUT2D eigenvalue weighted by Crippen LogP contribution is -2.41. The summed E-state index contributed by atoms with van der Waals surface area (Å²) in [6.45, 7) is 9.14. The summed E-state index contributed by atoms with van der Waals surface area (Å²) in [6, 6.07) is 8.60. The van der Waals surface area contributed by atoms with Gasteiger partial charge >= 0.3 is 6.09 Å². The number of benzene rings is 2. The van der Waals surface area contributed by atoms with Crippen LogP contribution in [0.2, 0.25) is 0 Å². The van der Waals surface area contributed by atoms with E-state index in [0.717, 1.165) is 22.6 Å². The highest BCUT2D eigenvalue weighted by molar-refractivity contribution is 6.33. The van der Waals surface area contributed by atoms with Crippen molar-refractivity contribution in [3.8, 4) is 0 Å². The minimum absolute atomic E-state index is 0.00979. The molecule has 1 atom stereocenters. The van der Waals surface area contributed by atoms with Gasteiger partial charge in [0.05, 0.1) is 17.3 Å². The minimum Gasteiger partial charge on any atom is -0.443 e. The number of carbonyl (C=O) groups is 3. The van der Waals surface area contributed by atoms with Gasteiger partial charge in [0, 0.05) is 11.6 Å². The highest BCUT2D eigenvalue weighted by Crippen LogP contribution is 2.36. The second-order valence-corrected chi connectivity index (χ2v) is 8.73. The zero-order valence-corrected chi connectivity index (χ0v) is 20.6. The Morgan fingerprint density at radius 1 is 0.943 bits per heavy atom. The molecule has 3 amide bonds. The molecular weight excluding hydrogens is 454 g/mol. The molecule has 0 aromatic heterocycles. The zero-order valence-electron chi connectivity index (χ0n) is 20.6. The van der Waals surface area contributed by atoms with Gasteiger partial charge in [0.25, 0.3) is 11.8 Å². The van der Waals surface area contributed by atoms with Crippen LogP contribution < -0.4 is 10.2 Å². The van der Waals surface area contributed by atoms with E-state index in [1.165, 1.54) is 6.92 Å². The van der Waals surface area contributed by atoms with Crippen LogP contribution in [0.25, 0.3) is 0 Å². The van der Waals surface area contributed by atoms with E-state index in [2.05, 4.69) is 5.32 Å². The molecule has 0 radical (unpaired) electrons. The Bertz CT molecular complexity index is 1140. The monoisotopic (exact) mass is 484 g/mol. The average Bonchev–Trinajstić information content (AvgIpc) is 3.04. The molecule has 1 N–H and O–H groups in total. The van der Waals surface area contributed by atoms with Crippen LogP contribution in [0.1, 0.15) is 64.1 Å². The molecule has 0 bridgehead atoms. The lowest BCUT2D eigenvalue weighted by Gasteiger charge is -2.31. The number of anilines is 1. The highest BCUT2D eigenvalue weighted by atomic mass is 19.1. The van der Waals surface area contributed by atoms with Crippen LogP contribution >= 0.6 is 0 Å². The molecule has 1 aliphatic rings. The molecule has 0 aliphatic carbocycles. The average molecular weight is 485 g/mol. The summed E-state index contributed by atoms with van der Waals surface area (Å²) in [5, 5.41) is 2.76. The smallest absolute Gasteiger partial charge is 0.408 e. The van der Waals surface area contributed by atoms with Crippen LogP contribution in [0, 0.1) is 18.6 Å². The van der Waals surface area contributed by atoms with E-state index in [4.69, 9.17) is 4.74 Å². The van der Waals surface area contributed by atoms with Crippen LogP contribution in [0.5, 0.6) is 0 Å². The van der Waals surface area contributed by atoms with Crippen LogP contribution in [-0.4, -0.2) is 23.5 Å². The van der Waals surface area contributed by atoms with Gasteiger partial charge in [-0.3, -0.25) is 9.59 Å². The Hall–Kier alpha value is -3.55. The number of amides is 3. The first-order chi connectivity index (χ1) is 16.6. The van der Waals surface area contributed by atoms with Crippen molar-refractivity contribution < 1.29 is 27.9 Å². The number of halogens is 2. The topological polar surface area (TPSA) is 75.7 Å².